The summed E-state index contributed by atoms with van der Waals surface area (Å²) in [4.78, 5) is 2.32. The van der Waals surface area contributed by atoms with Crippen LogP contribution < -0.4 is 4.90 Å². The lowest BCUT2D eigenvalue weighted by molar-refractivity contribution is 0.483. The van der Waals surface area contributed by atoms with Gasteiger partial charge in [0, 0.05) is 18.3 Å². The van der Waals surface area contributed by atoms with Crippen molar-refractivity contribution in [1.29, 1.82) is 0 Å². The monoisotopic (exact) mass is 292 g/mol. The average Bonchev–Trinajstić information content (AvgIpc) is 3.12. The Morgan fingerprint density at radius 1 is 1.30 bits per heavy atom. The van der Waals surface area contributed by atoms with Gasteiger partial charge in [0.25, 0.3) is 0 Å². The zero-order chi connectivity index (χ0) is 13.9. The molecule has 0 N–H and O–H groups in total. The number of thioether (sulfide) groups is 1. The Hall–Kier alpha value is -1.43. The summed E-state index contributed by atoms with van der Waals surface area (Å²) in [5, 5.41) is 10.2. The van der Waals surface area contributed by atoms with Crippen molar-refractivity contribution in [2.24, 2.45) is 0 Å². The van der Waals surface area contributed by atoms with Gasteiger partial charge in [0.05, 0.1) is 12.8 Å². The van der Waals surface area contributed by atoms with E-state index in [4.69, 9.17) is 4.42 Å². The van der Waals surface area contributed by atoms with Gasteiger partial charge in [-0.2, -0.15) is 0 Å². The number of aromatic nitrogens is 3. The van der Waals surface area contributed by atoms with Crippen LogP contribution in [0.2, 0.25) is 0 Å². The molecule has 0 radical (unpaired) electrons. The van der Waals surface area contributed by atoms with Crippen LogP contribution in [0.25, 0.3) is 0 Å². The minimum atomic E-state index is 0.487. The first-order valence-corrected chi connectivity index (χ1v) is 7.99. The van der Waals surface area contributed by atoms with Gasteiger partial charge in [-0.05, 0) is 25.0 Å². The molecule has 0 aliphatic carbocycles. The maximum atomic E-state index is 5.48. The summed E-state index contributed by atoms with van der Waals surface area (Å²) < 4.78 is 7.66. The van der Waals surface area contributed by atoms with E-state index in [1.807, 2.05) is 12.1 Å². The summed E-state index contributed by atoms with van der Waals surface area (Å²) in [6, 6.07) is 3.92. The Labute approximate surface area is 123 Å². The number of rotatable bonds is 5. The summed E-state index contributed by atoms with van der Waals surface area (Å²) in [6.07, 6.45) is 4.19. The molecule has 0 atom stereocenters. The molecule has 3 heterocycles. The van der Waals surface area contributed by atoms with Gasteiger partial charge in [0.2, 0.25) is 5.95 Å². The maximum absolute atomic E-state index is 5.48. The minimum absolute atomic E-state index is 0.487. The van der Waals surface area contributed by atoms with Crippen LogP contribution in [0.15, 0.2) is 28.0 Å². The van der Waals surface area contributed by atoms with E-state index in [0.29, 0.717) is 11.8 Å². The Balaban J connectivity index is 1.90. The highest BCUT2D eigenvalue weighted by Crippen LogP contribution is 2.27. The van der Waals surface area contributed by atoms with Crippen molar-refractivity contribution in [2.45, 2.75) is 43.6 Å². The topological polar surface area (TPSA) is 47.1 Å². The first-order valence-electron chi connectivity index (χ1n) is 7.11. The number of nitrogens with zero attached hydrogens (tertiary/aromatic N) is 4. The number of anilines is 1. The third-order valence-corrected chi connectivity index (χ3v) is 4.31. The molecule has 1 aliphatic rings. The lowest BCUT2D eigenvalue weighted by Crippen LogP contribution is -2.22. The van der Waals surface area contributed by atoms with Gasteiger partial charge in [-0.3, -0.25) is 4.57 Å². The standard InChI is InChI=1S/C14H20N4OS/c1-11(2)20-14-16-15-13(17-7-3-4-8-17)18(14)10-12-6-5-9-19-12/h5-6,9,11H,3-4,7-8,10H2,1-2H3. The van der Waals surface area contributed by atoms with Crippen molar-refractivity contribution in [3.05, 3.63) is 24.2 Å². The summed E-state index contributed by atoms with van der Waals surface area (Å²) in [5.41, 5.74) is 0. The van der Waals surface area contributed by atoms with Crippen LogP contribution in [-0.2, 0) is 6.54 Å². The van der Waals surface area contributed by atoms with Crippen molar-refractivity contribution in [1.82, 2.24) is 14.8 Å². The SMILES string of the molecule is CC(C)Sc1nnc(N2CCCC2)n1Cc1ccco1. The van der Waals surface area contributed by atoms with E-state index in [1.54, 1.807) is 18.0 Å². The smallest absolute Gasteiger partial charge is 0.228 e. The predicted molar refractivity (Wildman–Crippen MR) is 80.3 cm³/mol. The molecule has 0 spiro atoms. The Morgan fingerprint density at radius 3 is 2.75 bits per heavy atom. The van der Waals surface area contributed by atoms with E-state index >= 15 is 0 Å². The Morgan fingerprint density at radius 2 is 2.10 bits per heavy atom. The molecule has 108 valence electrons. The fourth-order valence-corrected chi connectivity index (χ4v) is 3.21. The van der Waals surface area contributed by atoms with Crippen molar-refractivity contribution >= 4 is 17.7 Å². The summed E-state index contributed by atoms with van der Waals surface area (Å²) in [7, 11) is 0. The molecule has 1 aliphatic heterocycles. The fraction of sp³-hybridized carbons (Fsp3) is 0.571. The van der Waals surface area contributed by atoms with Crippen LogP contribution >= 0.6 is 11.8 Å². The van der Waals surface area contributed by atoms with Crippen LogP contribution in [0.1, 0.15) is 32.4 Å². The molecule has 0 bridgehead atoms. The highest BCUT2D eigenvalue weighted by molar-refractivity contribution is 7.99. The molecule has 0 aromatic carbocycles. The molecule has 0 unspecified atom stereocenters. The normalized spacial score (nSPS) is 15.4. The zero-order valence-corrected chi connectivity index (χ0v) is 12.8. The fourth-order valence-electron chi connectivity index (χ4n) is 2.43. The van der Waals surface area contributed by atoms with Gasteiger partial charge in [-0.25, -0.2) is 0 Å². The number of hydrogen-bond donors (Lipinski definition) is 0. The molecule has 2 aromatic rings. The number of furan rings is 1. The first-order chi connectivity index (χ1) is 9.74. The van der Waals surface area contributed by atoms with E-state index in [-0.39, 0.29) is 0 Å². The molecule has 0 amide bonds. The van der Waals surface area contributed by atoms with Crippen molar-refractivity contribution in [3.8, 4) is 0 Å². The van der Waals surface area contributed by atoms with Crippen LogP contribution in [0.4, 0.5) is 5.95 Å². The Kier molecular flexibility index (Phi) is 4.00. The van der Waals surface area contributed by atoms with Crippen LogP contribution in [-0.4, -0.2) is 33.1 Å². The quantitative estimate of drug-likeness (QED) is 0.793. The maximum Gasteiger partial charge on any atom is 0.228 e. The molecule has 1 saturated heterocycles. The molecular weight excluding hydrogens is 272 g/mol. The van der Waals surface area contributed by atoms with Crippen LogP contribution in [0.3, 0.4) is 0 Å². The van der Waals surface area contributed by atoms with E-state index in [2.05, 4.69) is 33.5 Å². The lowest BCUT2D eigenvalue weighted by Gasteiger charge is -2.18. The van der Waals surface area contributed by atoms with E-state index in [9.17, 15) is 0 Å². The molecular formula is C14H20N4OS. The molecule has 20 heavy (non-hydrogen) atoms. The summed E-state index contributed by atoms with van der Waals surface area (Å²) in [5.74, 6) is 1.91. The van der Waals surface area contributed by atoms with Gasteiger partial charge >= 0.3 is 0 Å². The highest BCUT2D eigenvalue weighted by atomic mass is 32.2. The molecule has 2 aromatic heterocycles. The third kappa shape index (κ3) is 2.85. The summed E-state index contributed by atoms with van der Waals surface area (Å²) >= 11 is 1.75. The first kappa shape index (κ1) is 13.5. The average molecular weight is 292 g/mol. The molecule has 3 rings (SSSR count). The second-order valence-electron chi connectivity index (χ2n) is 5.31. The van der Waals surface area contributed by atoms with Gasteiger partial charge < -0.3 is 9.32 Å². The predicted octanol–water partition coefficient (Wildman–Crippen LogP) is 3.02. The second kappa shape index (κ2) is 5.91. The zero-order valence-electron chi connectivity index (χ0n) is 12.0. The van der Waals surface area contributed by atoms with Gasteiger partial charge in [-0.15, -0.1) is 10.2 Å². The van der Waals surface area contributed by atoms with Gasteiger partial charge in [0.15, 0.2) is 5.16 Å². The van der Waals surface area contributed by atoms with E-state index in [0.717, 1.165) is 30.0 Å². The number of hydrogen-bond acceptors (Lipinski definition) is 5. The van der Waals surface area contributed by atoms with E-state index < -0.39 is 0 Å². The van der Waals surface area contributed by atoms with Crippen molar-refractivity contribution in [3.63, 3.8) is 0 Å². The van der Waals surface area contributed by atoms with Crippen molar-refractivity contribution < 1.29 is 4.42 Å². The highest BCUT2D eigenvalue weighted by Gasteiger charge is 2.22. The minimum Gasteiger partial charge on any atom is -0.467 e. The Bertz CT molecular complexity index is 544. The molecule has 5 nitrogen and oxygen atoms in total. The van der Waals surface area contributed by atoms with Crippen LogP contribution in [0, 0.1) is 0 Å². The lowest BCUT2D eigenvalue weighted by atomic mass is 10.4. The molecule has 1 fully saturated rings. The van der Waals surface area contributed by atoms with Gasteiger partial charge in [-0.1, -0.05) is 25.6 Å². The van der Waals surface area contributed by atoms with Gasteiger partial charge in [0.1, 0.15) is 5.76 Å². The van der Waals surface area contributed by atoms with E-state index in [1.165, 1.54) is 12.8 Å². The largest absolute Gasteiger partial charge is 0.467 e. The second-order valence-corrected chi connectivity index (χ2v) is 6.85. The summed E-state index contributed by atoms with van der Waals surface area (Å²) in [6.45, 7) is 7.18. The van der Waals surface area contributed by atoms with Crippen LogP contribution in [0.5, 0.6) is 0 Å². The van der Waals surface area contributed by atoms with Crippen molar-refractivity contribution in [2.75, 3.05) is 18.0 Å². The molecule has 0 saturated carbocycles. The molecule has 6 heteroatoms. The third-order valence-electron chi connectivity index (χ3n) is 3.32.